The van der Waals surface area contributed by atoms with Gasteiger partial charge >= 0.3 is 0 Å². The number of carbonyl (C=O) groups excluding carboxylic acids is 1. The summed E-state index contributed by atoms with van der Waals surface area (Å²) < 4.78 is 40.0. The first-order valence-electron chi connectivity index (χ1n) is 11.7. The van der Waals surface area contributed by atoms with Crippen molar-refractivity contribution in [3.05, 3.63) is 53.8 Å². The third-order valence-corrected chi connectivity index (χ3v) is 9.58. The van der Waals surface area contributed by atoms with Gasteiger partial charge in [-0.25, -0.2) is 12.8 Å². The minimum atomic E-state index is -3.32. The van der Waals surface area contributed by atoms with E-state index in [1.54, 1.807) is 36.4 Å². The maximum absolute atomic E-state index is 14.9. The van der Waals surface area contributed by atoms with E-state index in [1.807, 2.05) is 0 Å². The molecule has 3 fully saturated rings. The largest absolute Gasteiger partial charge is 0.304 e. The van der Waals surface area contributed by atoms with Gasteiger partial charge in [0.1, 0.15) is 5.82 Å². The van der Waals surface area contributed by atoms with Gasteiger partial charge in [0.05, 0.1) is 28.2 Å². The molecule has 1 aliphatic heterocycles. The molecule has 2 aromatic rings. The van der Waals surface area contributed by atoms with Crippen molar-refractivity contribution < 1.29 is 17.6 Å². The molecular weight excluding hydrogens is 439 g/mol. The normalized spacial score (nSPS) is 25.0. The van der Waals surface area contributed by atoms with Crippen LogP contribution in [0, 0.1) is 29.0 Å². The van der Waals surface area contributed by atoms with Crippen LogP contribution in [0.25, 0.3) is 11.1 Å². The molecular formula is C26H27FN2O3S. The van der Waals surface area contributed by atoms with E-state index in [9.17, 15) is 22.9 Å². The van der Waals surface area contributed by atoms with Crippen molar-refractivity contribution >= 4 is 15.6 Å². The molecule has 0 radical (unpaired) electrons. The number of nitriles is 1. The number of fused-ring (bicyclic) bond motifs is 2. The van der Waals surface area contributed by atoms with Gasteiger partial charge in [-0.1, -0.05) is 24.3 Å². The van der Waals surface area contributed by atoms with Crippen molar-refractivity contribution in [2.75, 3.05) is 0 Å². The molecule has 2 aromatic carbocycles. The van der Waals surface area contributed by atoms with Gasteiger partial charge in [-0.15, -0.1) is 0 Å². The van der Waals surface area contributed by atoms with Crippen LogP contribution in [0.4, 0.5) is 4.39 Å². The fourth-order valence-corrected chi connectivity index (χ4v) is 7.03. The molecule has 0 amide bonds. The van der Waals surface area contributed by atoms with Crippen molar-refractivity contribution in [2.24, 2.45) is 11.8 Å². The van der Waals surface area contributed by atoms with Crippen molar-refractivity contribution in [1.82, 2.24) is 5.32 Å². The summed E-state index contributed by atoms with van der Waals surface area (Å²) in [6.07, 6.45) is 4.89. The highest BCUT2D eigenvalue weighted by atomic mass is 32.2. The van der Waals surface area contributed by atoms with Gasteiger partial charge in [-0.3, -0.25) is 4.79 Å². The van der Waals surface area contributed by atoms with Gasteiger partial charge in [0.2, 0.25) is 0 Å². The van der Waals surface area contributed by atoms with Crippen LogP contribution in [0.3, 0.4) is 0 Å². The van der Waals surface area contributed by atoms with E-state index in [2.05, 4.69) is 11.4 Å². The van der Waals surface area contributed by atoms with Crippen LogP contribution < -0.4 is 5.32 Å². The Balaban J connectivity index is 1.29. The molecule has 1 saturated heterocycles. The molecule has 172 valence electrons. The molecule has 1 N–H and O–H groups in total. The fourth-order valence-electron chi connectivity index (χ4n) is 5.33. The number of benzene rings is 2. The molecule has 2 bridgehead atoms. The van der Waals surface area contributed by atoms with E-state index >= 15 is 0 Å². The average molecular weight is 467 g/mol. The zero-order valence-electron chi connectivity index (χ0n) is 18.3. The molecule has 2 aliphatic carbocycles. The van der Waals surface area contributed by atoms with Crippen LogP contribution in [0.2, 0.25) is 0 Å². The third-order valence-electron chi connectivity index (χ3n) is 7.32. The Kier molecular flexibility index (Phi) is 5.84. The number of piperidine rings is 1. The molecule has 4 atom stereocenters. The lowest BCUT2D eigenvalue weighted by molar-refractivity contribution is -0.122. The molecule has 0 unspecified atom stereocenters. The quantitative estimate of drug-likeness (QED) is 0.630. The number of hydrogen-bond donors (Lipinski definition) is 1. The zero-order chi connectivity index (χ0) is 23.2. The Labute approximate surface area is 193 Å². The Morgan fingerprint density at radius 1 is 1.12 bits per heavy atom. The highest BCUT2D eigenvalue weighted by Crippen LogP contribution is 2.37. The first-order chi connectivity index (χ1) is 15.8. The SMILES string of the molecule is N#C[C@@H](CC(=O)[C@H]1N[C@@H]2CC[C@H]1C2)Cc1ccc(-c2cccc(S(=O)(=O)C3CC3)c2)cc1F. The molecule has 0 spiro atoms. The summed E-state index contributed by atoms with van der Waals surface area (Å²) in [4.78, 5) is 13.0. The van der Waals surface area contributed by atoms with Crippen molar-refractivity contribution in [3.8, 4) is 17.2 Å². The van der Waals surface area contributed by atoms with Gasteiger partial charge in [-0.05, 0) is 79.3 Å². The fraction of sp³-hybridized carbons (Fsp3) is 0.462. The number of sulfone groups is 1. The van der Waals surface area contributed by atoms with Crippen molar-refractivity contribution in [1.29, 1.82) is 5.26 Å². The van der Waals surface area contributed by atoms with Crippen LogP contribution in [-0.4, -0.2) is 31.5 Å². The average Bonchev–Trinajstić information content (AvgIpc) is 3.48. The number of carbonyl (C=O) groups is 1. The molecule has 5 rings (SSSR count). The minimum Gasteiger partial charge on any atom is -0.304 e. The number of nitrogens with one attached hydrogen (secondary N) is 1. The second-order valence-electron chi connectivity index (χ2n) is 9.69. The van der Waals surface area contributed by atoms with Crippen LogP contribution in [0.5, 0.6) is 0 Å². The molecule has 0 aromatic heterocycles. The first kappa shape index (κ1) is 22.2. The molecule has 5 nitrogen and oxygen atoms in total. The topological polar surface area (TPSA) is 87.0 Å². The summed E-state index contributed by atoms with van der Waals surface area (Å²) >= 11 is 0. The summed E-state index contributed by atoms with van der Waals surface area (Å²) in [5.74, 6) is -0.601. The van der Waals surface area contributed by atoms with Crippen LogP contribution in [-0.2, 0) is 21.1 Å². The van der Waals surface area contributed by atoms with Crippen molar-refractivity contribution in [3.63, 3.8) is 0 Å². The number of halogens is 1. The maximum atomic E-state index is 14.9. The molecule has 33 heavy (non-hydrogen) atoms. The van der Waals surface area contributed by atoms with Crippen LogP contribution >= 0.6 is 0 Å². The second-order valence-corrected chi connectivity index (χ2v) is 11.9. The summed E-state index contributed by atoms with van der Waals surface area (Å²) in [5.41, 5.74) is 1.61. The predicted octanol–water partition coefficient (Wildman–Crippen LogP) is 4.21. The van der Waals surface area contributed by atoms with Gasteiger partial charge < -0.3 is 5.32 Å². The standard InChI is InChI=1S/C26H27FN2O3S/c27-24-14-18(17-2-1-3-23(13-17)33(31,32)22-8-9-22)4-5-19(24)10-16(15-28)11-25(30)26-20-6-7-21(12-20)29-26/h1-5,13-14,16,20-22,26,29H,6-12H2/t16-,20+,21-,26+/m1/s1. The Morgan fingerprint density at radius 2 is 1.91 bits per heavy atom. The lowest BCUT2D eigenvalue weighted by atomic mass is 9.88. The van der Waals surface area contributed by atoms with E-state index in [1.165, 1.54) is 6.07 Å². The lowest BCUT2D eigenvalue weighted by Gasteiger charge is -2.22. The Morgan fingerprint density at radius 3 is 2.55 bits per heavy atom. The lowest BCUT2D eigenvalue weighted by Crippen LogP contribution is -2.42. The highest BCUT2D eigenvalue weighted by molar-refractivity contribution is 7.92. The summed E-state index contributed by atoms with van der Waals surface area (Å²) in [5, 5.41) is 12.7. The second kappa shape index (κ2) is 8.66. The van der Waals surface area contributed by atoms with E-state index < -0.39 is 21.6 Å². The Bertz CT molecular complexity index is 1230. The van der Waals surface area contributed by atoms with Gasteiger partial charge in [0, 0.05) is 12.5 Å². The van der Waals surface area contributed by atoms with E-state index in [0.29, 0.717) is 41.5 Å². The maximum Gasteiger partial charge on any atom is 0.181 e. The van der Waals surface area contributed by atoms with E-state index in [-0.39, 0.29) is 34.8 Å². The Hall–Kier alpha value is -2.56. The summed E-state index contributed by atoms with van der Waals surface area (Å²) in [6.45, 7) is 0. The minimum absolute atomic E-state index is 0.0551. The molecule has 2 saturated carbocycles. The van der Waals surface area contributed by atoms with Gasteiger partial charge in [0.15, 0.2) is 15.6 Å². The number of nitrogens with zero attached hydrogens (tertiary/aromatic N) is 1. The number of rotatable bonds is 8. The van der Waals surface area contributed by atoms with Gasteiger partial charge in [-0.2, -0.15) is 5.26 Å². The van der Waals surface area contributed by atoms with E-state index in [0.717, 1.165) is 19.3 Å². The van der Waals surface area contributed by atoms with Crippen molar-refractivity contribution in [2.45, 2.75) is 67.2 Å². The predicted molar refractivity (Wildman–Crippen MR) is 123 cm³/mol. The number of hydrogen-bond acceptors (Lipinski definition) is 5. The summed E-state index contributed by atoms with van der Waals surface area (Å²) in [6, 6.07) is 13.8. The first-order valence-corrected chi connectivity index (χ1v) is 13.2. The number of Topliss-reactive ketones (excluding diaryl/α,β-unsaturated/α-hetero) is 1. The summed E-state index contributed by atoms with van der Waals surface area (Å²) in [7, 11) is -3.32. The smallest absolute Gasteiger partial charge is 0.181 e. The van der Waals surface area contributed by atoms with Gasteiger partial charge in [0.25, 0.3) is 0 Å². The highest BCUT2D eigenvalue weighted by Gasteiger charge is 2.42. The molecule has 3 aliphatic rings. The number of ketones is 1. The van der Waals surface area contributed by atoms with E-state index in [4.69, 9.17) is 0 Å². The zero-order valence-corrected chi connectivity index (χ0v) is 19.2. The van der Waals surface area contributed by atoms with Crippen LogP contribution in [0.15, 0.2) is 47.4 Å². The molecule has 1 heterocycles. The monoisotopic (exact) mass is 466 g/mol. The third kappa shape index (κ3) is 4.47. The molecule has 7 heteroatoms. The van der Waals surface area contributed by atoms with Crippen LogP contribution in [0.1, 0.15) is 44.1 Å².